The number of carbonyl (C=O) groups excluding carboxylic acids is 4. The summed E-state index contributed by atoms with van der Waals surface area (Å²) in [6, 6.07) is 7.91. The first-order valence-corrected chi connectivity index (χ1v) is 16.8. The molecule has 268 valence electrons. The maximum Gasteiger partial charge on any atom is 0.243 e. The molecule has 2 rings (SSSR count). The smallest absolute Gasteiger partial charge is 0.243 e. The van der Waals surface area contributed by atoms with Gasteiger partial charge >= 0.3 is 0 Å². The highest BCUT2D eigenvalue weighted by atomic mass is 16.3. The van der Waals surface area contributed by atoms with Crippen LogP contribution in [0.5, 0.6) is 5.75 Å². The lowest BCUT2D eigenvalue weighted by Crippen LogP contribution is -2.59. The van der Waals surface area contributed by atoms with Crippen molar-refractivity contribution in [2.75, 3.05) is 13.1 Å². The lowest BCUT2D eigenvalue weighted by Gasteiger charge is -2.44. The van der Waals surface area contributed by atoms with Gasteiger partial charge in [0.25, 0.3) is 0 Å². The summed E-state index contributed by atoms with van der Waals surface area (Å²) in [5, 5.41) is 27.4. The minimum Gasteiger partial charge on any atom is -0.508 e. The van der Waals surface area contributed by atoms with Crippen molar-refractivity contribution in [2.24, 2.45) is 22.9 Å². The first-order valence-electron chi connectivity index (χ1n) is 16.8. The molecule has 14 N–H and O–H groups in total. The van der Waals surface area contributed by atoms with Gasteiger partial charge in [-0.3, -0.25) is 24.6 Å². The van der Waals surface area contributed by atoms with Crippen LogP contribution in [0.2, 0.25) is 10.4 Å². The van der Waals surface area contributed by atoms with Crippen LogP contribution in [0.15, 0.2) is 42.5 Å². The average Bonchev–Trinajstić information content (AvgIpc) is 3.03. The summed E-state index contributed by atoms with van der Waals surface area (Å²) in [5.74, 6) is -2.70. The molecule has 0 bridgehead atoms. The van der Waals surface area contributed by atoms with Gasteiger partial charge in [0.05, 0.1) is 37.4 Å². The molecule has 0 heterocycles. The highest BCUT2D eigenvalue weighted by Crippen LogP contribution is 2.44. The molecule has 2 aromatic carbocycles. The van der Waals surface area contributed by atoms with Crippen LogP contribution in [0.1, 0.15) is 41.5 Å². The van der Waals surface area contributed by atoms with E-state index in [2.05, 4.69) is 21.3 Å². The Labute approximate surface area is 298 Å². The highest BCUT2D eigenvalue weighted by Gasteiger charge is 2.40. The van der Waals surface area contributed by atoms with E-state index in [9.17, 15) is 24.3 Å². The number of benzene rings is 2. The number of rotatable bonds is 19. The van der Waals surface area contributed by atoms with Crippen molar-refractivity contribution >= 4 is 61.0 Å². The van der Waals surface area contributed by atoms with Gasteiger partial charge in [0.1, 0.15) is 23.9 Å². The summed E-state index contributed by atoms with van der Waals surface area (Å²) in [6.45, 7) is 4.22. The van der Waals surface area contributed by atoms with Crippen molar-refractivity contribution in [1.82, 2.24) is 21.3 Å². The quantitative estimate of drug-likeness (QED) is 0.0295. The Balaban J connectivity index is 2.45. The van der Waals surface area contributed by atoms with Gasteiger partial charge in [-0.2, -0.15) is 0 Å². The number of nitrogens with two attached hydrogens (primary N) is 4. The van der Waals surface area contributed by atoms with E-state index < -0.39 is 58.2 Å². The van der Waals surface area contributed by atoms with Gasteiger partial charge in [-0.05, 0) is 74.0 Å². The fourth-order valence-electron chi connectivity index (χ4n) is 5.55. The molecule has 4 amide bonds. The Kier molecular flexibility index (Phi) is 15.5. The predicted molar refractivity (Wildman–Crippen MR) is 207 cm³/mol. The van der Waals surface area contributed by atoms with Crippen molar-refractivity contribution < 1.29 is 24.3 Å². The number of aryl methyl sites for hydroxylation is 2. The molecule has 50 heavy (non-hydrogen) atoms. The summed E-state index contributed by atoms with van der Waals surface area (Å²) < 4.78 is 0. The molecule has 0 aromatic heterocycles. The summed E-state index contributed by atoms with van der Waals surface area (Å²) in [5.41, 5.74) is 26.3. The van der Waals surface area contributed by atoms with Crippen molar-refractivity contribution in [3.63, 3.8) is 0 Å². The third kappa shape index (κ3) is 12.5. The normalized spacial score (nSPS) is 14.0. The van der Waals surface area contributed by atoms with E-state index in [0.29, 0.717) is 30.6 Å². The second-order valence-corrected chi connectivity index (χ2v) is 14.3. The average molecular weight is 687 g/mol. The monoisotopic (exact) mass is 687 g/mol. The molecule has 0 unspecified atom stereocenters. The van der Waals surface area contributed by atoms with Gasteiger partial charge < -0.3 is 49.3 Å². The Morgan fingerprint density at radius 3 is 1.92 bits per heavy atom. The van der Waals surface area contributed by atoms with Crippen molar-refractivity contribution in [3.05, 3.63) is 64.7 Å². The second kappa shape index (κ2) is 18.5. The number of carbonyl (C=O) groups is 4. The Hall–Kier alpha value is -4.43. The summed E-state index contributed by atoms with van der Waals surface area (Å²) >= 11 is 0. The standard InChI is InChI=1S/C32H53B4N9O5/c1-17-11-20(46)12-18(2)21(17)14-24(44-27(48)22(38)9-6-10-42-30(40)41)28(49)45-25(15-31(33,34)32(35,36)16-37)29(50)43-23(26(39)47)13-19-7-4-3-5-8-19/h3-5,7-8,11-12,22-25,46H,6,9-10,13-16,33-38H2,1-2H3,(H2,39,47)(H,43,50)(H,44,48)(H,45,49)(H4,40,41,42)/t22-,23+,24+,25+/m1/s1. The number of guanidine groups is 1. The molecule has 0 saturated carbocycles. The second-order valence-electron chi connectivity index (χ2n) is 14.3. The molecule has 0 aliphatic carbocycles. The summed E-state index contributed by atoms with van der Waals surface area (Å²) in [4.78, 5) is 54.0. The van der Waals surface area contributed by atoms with E-state index in [1.54, 1.807) is 26.0 Å². The van der Waals surface area contributed by atoms with Crippen molar-refractivity contribution in [2.45, 2.75) is 80.5 Å². The third-order valence-electron chi connectivity index (χ3n) is 9.70. The van der Waals surface area contributed by atoms with Crippen LogP contribution in [0, 0.1) is 19.3 Å². The van der Waals surface area contributed by atoms with Gasteiger partial charge in [-0.15, -0.1) is 0 Å². The molecule has 0 fully saturated rings. The fraction of sp³-hybridized carbons (Fsp3) is 0.469. The molecule has 0 saturated heterocycles. The first-order chi connectivity index (χ1) is 23.3. The minimum atomic E-state index is -1.16. The molecule has 18 heteroatoms. The number of aromatic hydroxyl groups is 1. The van der Waals surface area contributed by atoms with Crippen LogP contribution >= 0.6 is 0 Å². The van der Waals surface area contributed by atoms with Crippen molar-refractivity contribution in [1.29, 1.82) is 5.41 Å². The van der Waals surface area contributed by atoms with E-state index >= 15 is 0 Å². The number of hydrogen-bond donors (Lipinski definition) is 10. The Morgan fingerprint density at radius 1 is 0.840 bits per heavy atom. The number of nitrogens with one attached hydrogen (secondary N) is 5. The molecule has 0 spiro atoms. The summed E-state index contributed by atoms with van der Waals surface area (Å²) in [7, 11) is 7.84. The highest BCUT2D eigenvalue weighted by molar-refractivity contribution is 6.54. The van der Waals surface area contributed by atoms with Crippen LogP contribution in [-0.2, 0) is 32.0 Å². The molecule has 0 radical (unpaired) electrons. The zero-order chi connectivity index (χ0) is 37.8. The molecule has 0 aliphatic heterocycles. The molecule has 2 aromatic rings. The molecule has 0 aliphatic rings. The van der Waals surface area contributed by atoms with E-state index in [1.165, 1.54) is 0 Å². The van der Waals surface area contributed by atoms with Gasteiger partial charge in [0, 0.05) is 19.4 Å². The molecule has 4 atom stereocenters. The van der Waals surface area contributed by atoms with Crippen LogP contribution < -0.4 is 44.2 Å². The number of amides is 4. The van der Waals surface area contributed by atoms with E-state index in [4.69, 9.17) is 28.3 Å². The largest absolute Gasteiger partial charge is 0.508 e. The predicted octanol–water partition coefficient (Wildman–Crippen LogP) is -4.56. The maximum atomic E-state index is 14.2. The van der Waals surface area contributed by atoms with Gasteiger partial charge in [-0.1, -0.05) is 40.8 Å². The number of primary amides is 1. The topological polar surface area (TPSA) is 265 Å². The zero-order valence-electron chi connectivity index (χ0n) is 30.2. The van der Waals surface area contributed by atoms with Gasteiger partial charge in [-0.25, -0.2) is 0 Å². The van der Waals surface area contributed by atoms with E-state index in [1.807, 2.05) is 61.7 Å². The van der Waals surface area contributed by atoms with Crippen LogP contribution in [0.25, 0.3) is 0 Å². The molecule has 14 nitrogen and oxygen atoms in total. The Bertz CT molecular complexity index is 1490. The van der Waals surface area contributed by atoms with Crippen LogP contribution in [0.3, 0.4) is 0 Å². The maximum absolute atomic E-state index is 14.2. The zero-order valence-corrected chi connectivity index (χ0v) is 30.2. The number of phenolic OH excluding ortho intramolecular Hbond substituents is 1. The lowest BCUT2D eigenvalue weighted by molar-refractivity contribution is -0.133. The number of phenols is 1. The molecular weight excluding hydrogens is 634 g/mol. The summed E-state index contributed by atoms with van der Waals surface area (Å²) in [6.07, 6.45) is 1.03. The van der Waals surface area contributed by atoms with Crippen LogP contribution in [0.4, 0.5) is 0 Å². The molecular formula is C32H53B4N9O5. The van der Waals surface area contributed by atoms with E-state index in [-0.39, 0.29) is 37.4 Å². The fourth-order valence-corrected chi connectivity index (χ4v) is 5.55. The van der Waals surface area contributed by atoms with Gasteiger partial charge in [0.15, 0.2) is 5.96 Å². The SMILES string of the molecule is BC(B)(CN)C(B)(B)C[C@H](NC(=O)[C@H](Cc1c(C)cc(O)cc1C)NC(=O)[C@H](N)CCCNC(=N)N)C(=O)N[C@@H](Cc1ccccc1)C(N)=O. The third-order valence-corrected chi connectivity index (χ3v) is 9.70. The first kappa shape index (κ1) is 41.7. The Morgan fingerprint density at radius 2 is 1.38 bits per heavy atom. The van der Waals surface area contributed by atoms with Crippen molar-refractivity contribution in [3.8, 4) is 5.75 Å². The van der Waals surface area contributed by atoms with Gasteiger partial charge in [0.2, 0.25) is 23.6 Å². The van der Waals surface area contributed by atoms with E-state index in [0.717, 1.165) is 11.1 Å². The lowest BCUT2D eigenvalue weighted by atomic mass is 9.28. The number of hydrogen-bond acceptors (Lipinski definition) is 8. The minimum absolute atomic E-state index is 0.0398. The van der Waals surface area contributed by atoms with Crippen LogP contribution in [-0.4, -0.2) is 103 Å².